The first kappa shape index (κ1) is 16.3. The summed E-state index contributed by atoms with van der Waals surface area (Å²) >= 11 is 0. The van der Waals surface area contributed by atoms with E-state index in [1.54, 1.807) is 54.6 Å². The lowest BCUT2D eigenvalue weighted by atomic mass is 10.2. The Hall–Kier alpha value is -3.61. The number of nitrogens with one attached hydrogen (secondary N) is 3. The molecule has 3 rings (SSSR count). The van der Waals surface area contributed by atoms with Gasteiger partial charge in [-0.1, -0.05) is 30.9 Å². The van der Waals surface area contributed by atoms with Crippen molar-refractivity contribution in [3.63, 3.8) is 0 Å². The number of benzene rings is 2. The number of ether oxygens (including phenoxy) is 1. The highest BCUT2D eigenvalue weighted by Crippen LogP contribution is 2.25. The number of amides is 3. The van der Waals surface area contributed by atoms with Gasteiger partial charge in [-0.05, 0) is 30.3 Å². The van der Waals surface area contributed by atoms with Crippen LogP contribution in [0.3, 0.4) is 0 Å². The zero-order valence-electron chi connectivity index (χ0n) is 13.3. The molecule has 1 heterocycles. The van der Waals surface area contributed by atoms with E-state index in [0.717, 1.165) is 5.52 Å². The van der Waals surface area contributed by atoms with Crippen LogP contribution in [0.2, 0.25) is 0 Å². The Bertz CT molecular complexity index is 918. The number of urea groups is 1. The molecular formula is C18H16N4O3. The second-order valence-electron chi connectivity index (χ2n) is 5.15. The van der Waals surface area contributed by atoms with Crippen LogP contribution < -0.4 is 15.4 Å². The van der Waals surface area contributed by atoms with Crippen molar-refractivity contribution in [3.05, 3.63) is 66.7 Å². The maximum atomic E-state index is 12.1. The number of H-pyrrole nitrogens is 1. The average molecular weight is 336 g/mol. The van der Waals surface area contributed by atoms with Gasteiger partial charge in [-0.2, -0.15) is 5.10 Å². The molecule has 25 heavy (non-hydrogen) atoms. The van der Waals surface area contributed by atoms with Gasteiger partial charge < -0.3 is 4.74 Å². The number of aromatic amines is 1. The predicted octanol–water partition coefficient (Wildman–Crippen LogP) is 3.09. The van der Waals surface area contributed by atoms with Crippen molar-refractivity contribution in [1.82, 2.24) is 15.5 Å². The maximum Gasteiger partial charge on any atom is 0.327 e. The number of rotatable bonds is 5. The molecule has 0 saturated carbocycles. The maximum absolute atomic E-state index is 12.1. The van der Waals surface area contributed by atoms with E-state index in [9.17, 15) is 9.59 Å². The molecule has 0 radical (unpaired) electrons. The monoisotopic (exact) mass is 336 g/mol. The Kier molecular flexibility index (Phi) is 4.75. The topological polar surface area (TPSA) is 96.1 Å². The van der Waals surface area contributed by atoms with Gasteiger partial charge in [-0.25, -0.2) is 4.79 Å². The quantitative estimate of drug-likeness (QED) is 0.624. The summed E-state index contributed by atoms with van der Waals surface area (Å²) in [5.41, 5.74) is 1.13. The molecule has 3 amide bonds. The highest BCUT2D eigenvalue weighted by atomic mass is 16.5. The lowest BCUT2D eigenvalue weighted by molar-refractivity contribution is 0.0967. The largest absolute Gasteiger partial charge is 0.490 e. The molecule has 1 aromatic heterocycles. The van der Waals surface area contributed by atoms with Gasteiger partial charge in [0.2, 0.25) is 0 Å². The minimum Gasteiger partial charge on any atom is -0.490 e. The molecule has 0 aliphatic carbocycles. The Balaban J connectivity index is 1.72. The molecular weight excluding hydrogens is 320 g/mol. The summed E-state index contributed by atoms with van der Waals surface area (Å²) in [4.78, 5) is 24.0. The number of fused-ring (bicyclic) bond motifs is 1. The van der Waals surface area contributed by atoms with Gasteiger partial charge in [0.15, 0.2) is 5.82 Å². The molecule has 0 saturated heterocycles. The second-order valence-corrected chi connectivity index (χ2v) is 5.15. The molecule has 3 N–H and O–H groups in total. The highest BCUT2D eigenvalue weighted by molar-refractivity contribution is 6.09. The van der Waals surface area contributed by atoms with Crippen molar-refractivity contribution in [2.75, 3.05) is 11.9 Å². The molecule has 0 aliphatic heterocycles. The fourth-order valence-electron chi connectivity index (χ4n) is 2.24. The number of aromatic nitrogens is 2. The fraction of sp³-hybridized carbons (Fsp3) is 0.0556. The molecule has 2 aromatic carbocycles. The van der Waals surface area contributed by atoms with Crippen molar-refractivity contribution in [3.8, 4) is 5.75 Å². The van der Waals surface area contributed by atoms with Crippen molar-refractivity contribution < 1.29 is 14.3 Å². The van der Waals surface area contributed by atoms with E-state index in [2.05, 4.69) is 27.4 Å². The van der Waals surface area contributed by atoms with Crippen LogP contribution in [0, 0.1) is 0 Å². The number of carbonyl (C=O) groups is 2. The smallest absolute Gasteiger partial charge is 0.327 e. The molecule has 0 bridgehead atoms. The molecule has 7 nitrogen and oxygen atoms in total. The fourth-order valence-corrected chi connectivity index (χ4v) is 2.24. The third-order valence-electron chi connectivity index (χ3n) is 3.40. The summed E-state index contributed by atoms with van der Waals surface area (Å²) in [5.74, 6) is 0.433. The number of hydrogen-bond acceptors (Lipinski definition) is 4. The zero-order chi connectivity index (χ0) is 17.6. The Morgan fingerprint density at radius 1 is 1.20 bits per heavy atom. The van der Waals surface area contributed by atoms with E-state index in [1.165, 1.54) is 0 Å². The minimum absolute atomic E-state index is 0.303. The number of nitrogens with zero attached hydrogens (tertiary/aromatic N) is 1. The normalized spacial score (nSPS) is 10.2. The van der Waals surface area contributed by atoms with Gasteiger partial charge in [-0.15, -0.1) is 0 Å². The molecule has 0 atom stereocenters. The van der Waals surface area contributed by atoms with Crippen LogP contribution in [0.25, 0.3) is 10.9 Å². The SMILES string of the molecule is C=CCOc1ccc2[nH]nc(NC(=O)NC(=O)c3ccccc3)c2c1. The Morgan fingerprint density at radius 3 is 2.76 bits per heavy atom. The van der Waals surface area contributed by atoms with E-state index >= 15 is 0 Å². The van der Waals surface area contributed by atoms with Crippen molar-refractivity contribution in [2.24, 2.45) is 0 Å². The summed E-state index contributed by atoms with van der Waals surface area (Å²) in [7, 11) is 0. The number of hydrogen-bond donors (Lipinski definition) is 3. The van der Waals surface area contributed by atoms with Gasteiger partial charge in [0, 0.05) is 10.9 Å². The third-order valence-corrected chi connectivity index (χ3v) is 3.40. The van der Waals surface area contributed by atoms with Crippen LogP contribution in [0.5, 0.6) is 5.75 Å². The van der Waals surface area contributed by atoms with Crippen LogP contribution >= 0.6 is 0 Å². The van der Waals surface area contributed by atoms with Crippen molar-refractivity contribution in [2.45, 2.75) is 0 Å². The summed E-state index contributed by atoms with van der Waals surface area (Å²) in [5, 5.41) is 12.4. The number of anilines is 1. The standard InChI is InChI=1S/C18H16N4O3/c1-2-10-25-13-8-9-15-14(11-13)16(22-21-15)19-18(24)20-17(23)12-6-4-3-5-7-12/h2-9,11H,1,10H2,(H3,19,20,21,22,23,24). The highest BCUT2D eigenvalue weighted by Gasteiger charge is 2.13. The van der Waals surface area contributed by atoms with Crippen LogP contribution in [0.15, 0.2) is 61.2 Å². The van der Waals surface area contributed by atoms with Gasteiger partial charge in [-0.3, -0.25) is 20.5 Å². The van der Waals surface area contributed by atoms with Crippen LogP contribution in [-0.2, 0) is 0 Å². The first-order valence-corrected chi connectivity index (χ1v) is 7.56. The van der Waals surface area contributed by atoms with E-state index in [4.69, 9.17) is 4.74 Å². The van der Waals surface area contributed by atoms with Crippen molar-refractivity contribution >= 4 is 28.7 Å². The van der Waals surface area contributed by atoms with E-state index in [0.29, 0.717) is 29.1 Å². The summed E-state index contributed by atoms with van der Waals surface area (Å²) in [6, 6.07) is 13.1. The predicted molar refractivity (Wildman–Crippen MR) is 94.7 cm³/mol. The van der Waals surface area contributed by atoms with Gasteiger partial charge in [0.25, 0.3) is 5.91 Å². The summed E-state index contributed by atoms with van der Waals surface area (Å²) < 4.78 is 5.47. The lowest BCUT2D eigenvalue weighted by Crippen LogP contribution is -2.34. The Labute approximate surface area is 143 Å². The van der Waals surface area contributed by atoms with Gasteiger partial charge in [0.05, 0.1) is 5.52 Å². The molecule has 0 spiro atoms. The molecule has 7 heteroatoms. The molecule has 0 aliphatic rings. The summed E-state index contributed by atoms with van der Waals surface area (Å²) in [6.45, 7) is 3.97. The van der Waals surface area contributed by atoms with Crippen LogP contribution in [-0.4, -0.2) is 28.7 Å². The molecule has 0 fully saturated rings. The van der Waals surface area contributed by atoms with E-state index in [1.807, 2.05) is 0 Å². The minimum atomic E-state index is -0.667. The van der Waals surface area contributed by atoms with Crippen LogP contribution in [0.1, 0.15) is 10.4 Å². The number of imide groups is 1. The van der Waals surface area contributed by atoms with Crippen molar-refractivity contribution in [1.29, 1.82) is 0 Å². The zero-order valence-corrected chi connectivity index (χ0v) is 13.3. The van der Waals surface area contributed by atoms with Crippen LogP contribution in [0.4, 0.5) is 10.6 Å². The van der Waals surface area contributed by atoms with Gasteiger partial charge >= 0.3 is 6.03 Å². The van der Waals surface area contributed by atoms with E-state index < -0.39 is 11.9 Å². The molecule has 3 aromatic rings. The Morgan fingerprint density at radius 2 is 2.00 bits per heavy atom. The second kappa shape index (κ2) is 7.31. The first-order chi connectivity index (χ1) is 12.2. The first-order valence-electron chi connectivity index (χ1n) is 7.56. The third kappa shape index (κ3) is 3.84. The summed E-state index contributed by atoms with van der Waals surface area (Å²) in [6.07, 6.45) is 1.64. The van der Waals surface area contributed by atoms with Gasteiger partial charge in [0.1, 0.15) is 12.4 Å². The lowest BCUT2D eigenvalue weighted by Gasteiger charge is -2.06. The average Bonchev–Trinajstić information content (AvgIpc) is 3.02. The van der Waals surface area contributed by atoms with E-state index in [-0.39, 0.29) is 0 Å². The molecule has 126 valence electrons. The number of carbonyl (C=O) groups excluding carboxylic acids is 2. The molecule has 0 unspecified atom stereocenters.